The lowest BCUT2D eigenvalue weighted by atomic mass is 10.3. The average molecular weight is 337 g/mol. The first-order valence-electron chi connectivity index (χ1n) is 5.11. The lowest BCUT2D eigenvalue weighted by Gasteiger charge is -2.09. The summed E-state index contributed by atoms with van der Waals surface area (Å²) in [7, 11) is -3.75. The van der Waals surface area contributed by atoms with Crippen LogP contribution in [-0.4, -0.2) is 8.42 Å². The Balaban J connectivity index is 2.37. The average Bonchev–Trinajstić information content (AvgIpc) is 2.26. The molecular weight excluding hydrogens is 329 g/mol. The summed E-state index contributed by atoms with van der Waals surface area (Å²) in [5.74, 6) is 0. The molecule has 7 heteroatoms. The van der Waals surface area contributed by atoms with Gasteiger partial charge in [-0.05, 0) is 36.4 Å². The molecule has 0 aliphatic rings. The molecule has 0 spiro atoms. The van der Waals surface area contributed by atoms with E-state index in [1.165, 1.54) is 24.3 Å². The van der Waals surface area contributed by atoms with Gasteiger partial charge < -0.3 is 0 Å². The van der Waals surface area contributed by atoms with Gasteiger partial charge in [-0.1, -0.05) is 40.9 Å². The summed E-state index contributed by atoms with van der Waals surface area (Å²) in [4.78, 5) is -0.00928. The van der Waals surface area contributed by atoms with Crippen molar-refractivity contribution in [2.24, 2.45) is 0 Å². The first-order valence-corrected chi connectivity index (χ1v) is 7.73. The van der Waals surface area contributed by atoms with Crippen LogP contribution in [0.2, 0.25) is 15.1 Å². The van der Waals surface area contributed by atoms with Crippen molar-refractivity contribution in [3.8, 4) is 0 Å². The van der Waals surface area contributed by atoms with Crippen LogP contribution in [0.3, 0.4) is 0 Å². The van der Waals surface area contributed by atoms with E-state index >= 15 is 0 Å². The van der Waals surface area contributed by atoms with Crippen LogP contribution in [-0.2, 0) is 10.0 Å². The molecule has 2 aromatic rings. The molecule has 0 bridgehead atoms. The van der Waals surface area contributed by atoms with Gasteiger partial charge in [0, 0.05) is 15.1 Å². The molecule has 0 saturated heterocycles. The van der Waals surface area contributed by atoms with Crippen LogP contribution in [0.15, 0.2) is 47.4 Å². The summed E-state index contributed by atoms with van der Waals surface area (Å²) in [5.41, 5.74) is 0.364. The largest absolute Gasteiger partial charge is 0.280 e. The fourth-order valence-corrected chi connectivity index (χ4v) is 3.41. The molecule has 0 radical (unpaired) electrons. The van der Waals surface area contributed by atoms with E-state index in [0.717, 1.165) is 0 Å². The zero-order valence-corrected chi connectivity index (χ0v) is 12.5. The number of sulfonamides is 1. The summed E-state index contributed by atoms with van der Waals surface area (Å²) in [6.07, 6.45) is 0. The van der Waals surface area contributed by atoms with Crippen molar-refractivity contribution in [1.82, 2.24) is 0 Å². The van der Waals surface area contributed by atoms with Crippen molar-refractivity contribution in [1.29, 1.82) is 0 Å². The minimum Gasteiger partial charge on any atom is -0.280 e. The van der Waals surface area contributed by atoms with E-state index in [4.69, 9.17) is 34.8 Å². The van der Waals surface area contributed by atoms with Crippen LogP contribution in [0.1, 0.15) is 0 Å². The molecule has 0 aliphatic carbocycles. The third kappa shape index (κ3) is 3.76. The first-order chi connectivity index (χ1) is 8.87. The SMILES string of the molecule is O=S(=O)(Nc1cccc(Cl)c1)c1cc(Cl)cc(Cl)c1. The van der Waals surface area contributed by atoms with Gasteiger partial charge in [0.15, 0.2) is 0 Å². The number of nitrogens with one attached hydrogen (secondary N) is 1. The van der Waals surface area contributed by atoms with Gasteiger partial charge in [0.05, 0.1) is 10.6 Å². The van der Waals surface area contributed by atoms with Crippen LogP contribution in [0.5, 0.6) is 0 Å². The van der Waals surface area contributed by atoms with Gasteiger partial charge in [0.2, 0.25) is 0 Å². The molecule has 2 aromatic carbocycles. The maximum absolute atomic E-state index is 12.1. The van der Waals surface area contributed by atoms with Crippen LogP contribution in [0, 0.1) is 0 Å². The normalized spacial score (nSPS) is 11.3. The number of hydrogen-bond donors (Lipinski definition) is 1. The maximum atomic E-state index is 12.1. The van der Waals surface area contributed by atoms with Crippen molar-refractivity contribution in [2.45, 2.75) is 4.90 Å². The predicted molar refractivity (Wildman–Crippen MR) is 78.7 cm³/mol. The maximum Gasteiger partial charge on any atom is 0.261 e. The fourth-order valence-electron chi connectivity index (χ4n) is 1.45. The molecule has 0 aromatic heterocycles. The van der Waals surface area contributed by atoms with Crippen molar-refractivity contribution >= 4 is 50.5 Å². The van der Waals surface area contributed by atoms with E-state index < -0.39 is 10.0 Å². The molecule has 0 fully saturated rings. The lowest BCUT2D eigenvalue weighted by Crippen LogP contribution is -2.12. The summed E-state index contributed by atoms with van der Waals surface area (Å²) < 4.78 is 26.7. The Hall–Kier alpha value is -0.940. The van der Waals surface area contributed by atoms with Gasteiger partial charge in [-0.15, -0.1) is 0 Å². The topological polar surface area (TPSA) is 46.2 Å². The monoisotopic (exact) mass is 335 g/mol. The van der Waals surface area contributed by atoms with Crippen LogP contribution in [0.4, 0.5) is 5.69 Å². The van der Waals surface area contributed by atoms with E-state index in [1.54, 1.807) is 18.2 Å². The van der Waals surface area contributed by atoms with E-state index in [0.29, 0.717) is 10.7 Å². The molecule has 2 rings (SSSR count). The molecule has 0 unspecified atom stereocenters. The Morgan fingerprint density at radius 2 is 1.47 bits per heavy atom. The molecule has 0 saturated carbocycles. The van der Waals surface area contributed by atoms with Gasteiger partial charge in [0.25, 0.3) is 10.0 Å². The lowest BCUT2D eigenvalue weighted by molar-refractivity contribution is 0.601. The Morgan fingerprint density at radius 3 is 2.05 bits per heavy atom. The fraction of sp³-hybridized carbons (Fsp3) is 0. The highest BCUT2D eigenvalue weighted by atomic mass is 35.5. The molecule has 0 aliphatic heterocycles. The van der Waals surface area contributed by atoms with Crippen molar-refractivity contribution in [2.75, 3.05) is 4.72 Å². The van der Waals surface area contributed by atoms with Crippen LogP contribution < -0.4 is 4.72 Å². The highest BCUT2D eigenvalue weighted by molar-refractivity contribution is 7.92. The summed E-state index contributed by atoms with van der Waals surface area (Å²) in [6.45, 7) is 0. The smallest absolute Gasteiger partial charge is 0.261 e. The van der Waals surface area contributed by atoms with Gasteiger partial charge >= 0.3 is 0 Å². The molecule has 19 heavy (non-hydrogen) atoms. The molecule has 100 valence electrons. The second-order valence-corrected chi connectivity index (χ2v) is 6.71. The molecule has 0 atom stereocenters. The Morgan fingerprint density at radius 1 is 0.842 bits per heavy atom. The van der Waals surface area contributed by atoms with E-state index in [-0.39, 0.29) is 14.9 Å². The quantitative estimate of drug-likeness (QED) is 0.900. The Bertz CT molecular complexity index is 696. The standard InChI is InChI=1S/C12H8Cl3NO2S/c13-8-2-1-3-11(5-8)16-19(17,18)12-6-9(14)4-10(15)7-12/h1-7,16H. The van der Waals surface area contributed by atoms with Gasteiger partial charge in [-0.3, -0.25) is 4.72 Å². The van der Waals surface area contributed by atoms with E-state index in [2.05, 4.69) is 4.72 Å². The third-order valence-corrected chi connectivity index (χ3v) is 4.26. The van der Waals surface area contributed by atoms with E-state index in [1.807, 2.05) is 0 Å². The summed E-state index contributed by atoms with van der Waals surface area (Å²) in [6, 6.07) is 10.5. The number of halogens is 3. The van der Waals surface area contributed by atoms with E-state index in [9.17, 15) is 8.42 Å². The molecular formula is C12H8Cl3NO2S. The number of benzene rings is 2. The highest BCUT2D eigenvalue weighted by Gasteiger charge is 2.15. The number of rotatable bonds is 3. The summed E-state index contributed by atoms with van der Waals surface area (Å²) >= 11 is 17.4. The number of hydrogen-bond acceptors (Lipinski definition) is 2. The Labute approximate surface area is 126 Å². The van der Waals surface area contributed by atoms with Gasteiger partial charge in [-0.25, -0.2) is 8.42 Å². The van der Waals surface area contributed by atoms with Crippen molar-refractivity contribution in [3.63, 3.8) is 0 Å². The first kappa shape index (κ1) is 14.5. The minimum atomic E-state index is -3.75. The predicted octanol–water partition coefficient (Wildman–Crippen LogP) is 4.45. The molecule has 1 N–H and O–H groups in total. The van der Waals surface area contributed by atoms with Crippen molar-refractivity contribution < 1.29 is 8.42 Å². The second-order valence-electron chi connectivity index (χ2n) is 3.72. The van der Waals surface area contributed by atoms with Crippen molar-refractivity contribution in [3.05, 3.63) is 57.5 Å². The zero-order chi connectivity index (χ0) is 14.0. The number of anilines is 1. The zero-order valence-electron chi connectivity index (χ0n) is 9.40. The molecule has 0 amide bonds. The third-order valence-electron chi connectivity index (χ3n) is 2.22. The van der Waals surface area contributed by atoms with Crippen LogP contribution in [0.25, 0.3) is 0 Å². The van der Waals surface area contributed by atoms with Gasteiger partial charge in [-0.2, -0.15) is 0 Å². The van der Waals surface area contributed by atoms with Gasteiger partial charge in [0.1, 0.15) is 0 Å². The highest BCUT2D eigenvalue weighted by Crippen LogP contribution is 2.24. The minimum absolute atomic E-state index is 0.00928. The molecule has 0 heterocycles. The summed E-state index contributed by atoms with van der Waals surface area (Å²) in [5, 5.41) is 0.933. The molecule has 3 nitrogen and oxygen atoms in total. The second kappa shape index (κ2) is 5.59. The van der Waals surface area contributed by atoms with Crippen LogP contribution >= 0.6 is 34.8 Å². The Kier molecular flexibility index (Phi) is 4.26.